The Kier molecular flexibility index (Phi) is 6.91. The third-order valence-corrected chi connectivity index (χ3v) is 2.92. The normalized spacial score (nSPS) is 10.4. The van der Waals surface area contributed by atoms with Crippen LogP contribution in [-0.2, 0) is 6.42 Å². The lowest BCUT2D eigenvalue weighted by molar-refractivity contribution is 0.999. The summed E-state index contributed by atoms with van der Waals surface area (Å²) in [5, 5.41) is 0. The molecule has 0 aliphatic rings. The summed E-state index contributed by atoms with van der Waals surface area (Å²) >= 11 is 0. The van der Waals surface area contributed by atoms with Crippen LogP contribution in [0.4, 0.5) is 0 Å². The van der Waals surface area contributed by atoms with Gasteiger partial charge in [-0.2, -0.15) is 0 Å². The van der Waals surface area contributed by atoms with Gasteiger partial charge in [-0.1, -0.05) is 55.8 Å². The van der Waals surface area contributed by atoms with Crippen LogP contribution in [0.2, 0.25) is 0 Å². The van der Waals surface area contributed by atoms with E-state index < -0.39 is 0 Å². The summed E-state index contributed by atoms with van der Waals surface area (Å²) in [5.41, 5.74) is 7.41. The first-order chi connectivity index (χ1) is 8.76. The quantitative estimate of drug-likeness (QED) is 0.462. The molecule has 0 saturated carbocycles. The van der Waals surface area contributed by atoms with Crippen LogP contribution in [0.5, 0.6) is 0 Å². The maximum absolute atomic E-state index is 3.39. The third kappa shape index (κ3) is 5.70. The lowest BCUT2D eigenvalue weighted by Gasteiger charge is -1.98. The van der Waals surface area contributed by atoms with Gasteiger partial charge in [0.2, 0.25) is 0 Å². The van der Waals surface area contributed by atoms with Crippen LogP contribution in [0.15, 0.2) is 53.8 Å². The van der Waals surface area contributed by atoms with E-state index in [-0.39, 0.29) is 0 Å². The molecule has 1 aromatic carbocycles. The van der Waals surface area contributed by atoms with Gasteiger partial charge in [-0.15, -0.1) is 5.73 Å². The second-order valence-corrected chi connectivity index (χ2v) is 4.56. The van der Waals surface area contributed by atoms with Crippen molar-refractivity contribution in [2.45, 2.75) is 46.5 Å². The van der Waals surface area contributed by atoms with Crippen LogP contribution in [-0.4, -0.2) is 0 Å². The van der Waals surface area contributed by atoms with Gasteiger partial charge in [-0.25, -0.2) is 0 Å². The summed E-state index contributed by atoms with van der Waals surface area (Å²) in [7, 11) is 0. The molecule has 0 radical (unpaired) electrons. The zero-order valence-electron chi connectivity index (χ0n) is 11.9. The first kappa shape index (κ1) is 14.5. The Morgan fingerprint density at radius 1 is 1.17 bits per heavy atom. The van der Waals surface area contributed by atoms with Crippen molar-refractivity contribution >= 4 is 0 Å². The molecule has 0 bridgehead atoms. The van der Waals surface area contributed by atoms with Gasteiger partial charge in [-0.3, -0.25) is 0 Å². The summed E-state index contributed by atoms with van der Waals surface area (Å²) < 4.78 is 0. The molecule has 0 fully saturated rings. The Bertz CT molecular complexity index is 426. The van der Waals surface area contributed by atoms with E-state index in [0.717, 1.165) is 25.7 Å². The molecule has 0 aliphatic heterocycles. The number of hydrogen-bond donors (Lipinski definition) is 0. The minimum atomic E-state index is 1.05. The first-order valence-corrected chi connectivity index (χ1v) is 6.92. The van der Waals surface area contributed by atoms with Crippen molar-refractivity contribution in [3.05, 3.63) is 64.9 Å². The smallest absolute Gasteiger partial charge is 0.00696 e. The average molecular weight is 240 g/mol. The fourth-order valence-electron chi connectivity index (χ4n) is 1.72. The van der Waals surface area contributed by atoms with Crippen LogP contribution < -0.4 is 0 Å². The average Bonchev–Trinajstić information content (AvgIpc) is 2.40. The van der Waals surface area contributed by atoms with Crippen LogP contribution in [0.1, 0.15) is 44.2 Å². The van der Waals surface area contributed by atoms with E-state index >= 15 is 0 Å². The monoisotopic (exact) mass is 240 g/mol. The highest BCUT2D eigenvalue weighted by molar-refractivity contribution is 5.22. The van der Waals surface area contributed by atoms with Crippen molar-refractivity contribution in [3.63, 3.8) is 0 Å². The number of aryl methyl sites for hydroxylation is 2. The van der Waals surface area contributed by atoms with Crippen molar-refractivity contribution in [2.24, 2.45) is 0 Å². The maximum atomic E-state index is 3.39. The summed E-state index contributed by atoms with van der Waals surface area (Å²) in [6.45, 7) is 6.46. The molecule has 0 atom stereocenters. The molecule has 0 aromatic heterocycles. The Morgan fingerprint density at radius 2 is 1.89 bits per heavy atom. The van der Waals surface area contributed by atoms with E-state index in [1.54, 1.807) is 0 Å². The van der Waals surface area contributed by atoms with E-state index in [4.69, 9.17) is 0 Å². The molecule has 0 unspecified atom stereocenters. The second kappa shape index (κ2) is 8.55. The second-order valence-electron chi connectivity index (χ2n) is 4.56. The van der Waals surface area contributed by atoms with Crippen molar-refractivity contribution in [1.82, 2.24) is 0 Å². The molecule has 96 valence electrons. The minimum absolute atomic E-state index is 1.05. The van der Waals surface area contributed by atoms with Gasteiger partial charge in [0, 0.05) is 0 Å². The van der Waals surface area contributed by atoms with Gasteiger partial charge in [-0.05, 0) is 49.8 Å². The molecule has 0 heteroatoms. The lowest BCUT2D eigenvalue weighted by atomic mass is 10.1. The van der Waals surface area contributed by atoms with E-state index in [9.17, 15) is 0 Å². The molecule has 0 aliphatic carbocycles. The van der Waals surface area contributed by atoms with Gasteiger partial charge in [0.05, 0.1) is 0 Å². The highest BCUT2D eigenvalue weighted by Gasteiger charge is 1.90. The molecule has 0 saturated heterocycles. The Balaban J connectivity index is 2.51. The highest BCUT2D eigenvalue weighted by Crippen LogP contribution is 2.07. The van der Waals surface area contributed by atoms with Gasteiger partial charge in [0.1, 0.15) is 0 Å². The predicted octanol–water partition coefficient (Wildman–Crippen LogP) is 5.39. The largest absolute Gasteiger partial charge is 0.122 e. The van der Waals surface area contributed by atoms with Crippen LogP contribution in [0, 0.1) is 6.92 Å². The molecule has 1 rings (SSSR count). The summed E-state index contributed by atoms with van der Waals surface area (Å²) in [6, 6.07) is 8.78. The number of benzene rings is 1. The predicted molar refractivity (Wildman–Crippen MR) is 80.8 cm³/mol. The number of rotatable bonds is 6. The topological polar surface area (TPSA) is 0 Å². The summed E-state index contributed by atoms with van der Waals surface area (Å²) in [6.07, 6.45) is 10.8. The summed E-state index contributed by atoms with van der Waals surface area (Å²) in [4.78, 5) is 0. The molecule has 0 nitrogen and oxygen atoms in total. The minimum Gasteiger partial charge on any atom is -0.122 e. The highest BCUT2D eigenvalue weighted by atomic mass is 14.0. The Morgan fingerprint density at radius 3 is 2.50 bits per heavy atom. The standard InChI is InChI=1S/C18H24/c1-4-6-9-17(5-2)10-7-8-11-18-14-12-16(3)13-15-18/h6-7,9,12-15H,4-5,8,11H2,1-3H3. The van der Waals surface area contributed by atoms with Crippen molar-refractivity contribution < 1.29 is 0 Å². The number of hydrogen-bond acceptors (Lipinski definition) is 0. The van der Waals surface area contributed by atoms with Crippen molar-refractivity contribution in [2.75, 3.05) is 0 Å². The SMILES string of the molecule is CCC=CC(=C=CCCc1ccc(C)cc1)CC. The van der Waals surface area contributed by atoms with Crippen LogP contribution >= 0.6 is 0 Å². The Labute approximate surface area is 112 Å². The number of allylic oxidation sites excluding steroid dienone is 3. The van der Waals surface area contributed by atoms with Crippen LogP contribution in [0.3, 0.4) is 0 Å². The summed E-state index contributed by atoms with van der Waals surface area (Å²) in [5.74, 6) is 0. The zero-order valence-corrected chi connectivity index (χ0v) is 11.9. The molecular weight excluding hydrogens is 216 g/mol. The fourth-order valence-corrected chi connectivity index (χ4v) is 1.72. The molecule has 0 heterocycles. The first-order valence-electron chi connectivity index (χ1n) is 6.92. The van der Waals surface area contributed by atoms with Crippen molar-refractivity contribution in [1.29, 1.82) is 0 Å². The van der Waals surface area contributed by atoms with Gasteiger partial charge >= 0.3 is 0 Å². The van der Waals surface area contributed by atoms with Gasteiger partial charge < -0.3 is 0 Å². The van der Waals surface area contributed by atoms with E-state index in [2.05, 4.69) is 69.0 Å². The van der Waals surface area contributed by atoms with Gasteiger partial charge in [0.15, 0.2) is 0 Å². The molecular formula is C18H24. The lowest BCUT2D eigenvalue weighted by Crippen LogP contribution is -1.82. The van der Waals surface area contributed by atoms with E-state index in [1.165, 1.54) is 16.7 Å². The molecule has 0 amide bonds. The van der Waals surface area contributed by atoms with E-state index in [1.807, 2.05) is 0 Å². The third-order valence-electron chi connectivity index (χ3n) is 2.92. The van der Waals surface area contributed by atoms with Crippen molar-refractivity contribution in [3.8, 4) is 0 Å². The van der Waals surface area contributed by atoms with Gasteiger partial charge in [0.25, 0.3) is 0 Å². The molecule has 0 spiro atoms. The molecule has 18 heavy (non-hydrogen) atoms. The molecule has 1 aromatic rings. The maximum Gasteiger partial charge on any atom is -0.00696 e. The Hall–Kier alpha value is -1.52. The van der Waals surface area contributed by atoms with E-state index in [0.29, 0.717) is 0 Å². The fraction of sp³-hybridized carbons (Fsp3) is 0.389. The molecule has 0 N–H and O–H groups in total. The zero-order chi connectivity index (χ0) is 13.2. The van der Waals surface area contributed by atoms with Crippen LogP contribution in [0.25, 0.3) is 0 Å².